The smallest absolute Gasteiger partial charge is 0.154 e. The second-order valence-corrected chi connectivity index (χ2v) is 7.02. The van der Waals surface area contributed by atoms with Crippen LogP contribution in [0.2, 0.25) is 0 Å². The fraction of sp³-hybridized carbons (Fsp3) is 0.222. The zero-order valence-electron chi connectivity index (χ0n) is 15.2. The summed E-state index contributed by atoms with van der Waals surface area (Å²) in [6.45, 7) is 7.15. The number of nitrogen functional groups attached to an aromatic ring is 1. The lowest BCUT2D eigenvalue weighted by Crippen LogP contribution is -1.98. The van der Waals surface area contributed by atoms with Gasteiger partial charge in [-0.05, 0) is 43.6 Å². The van der Waals surface area contributed by atoms with Crippen molar-refractivity contribution in [3.63, 3.8) is 0 Å². The molecule has 4 aromatic heterocycles. The normalized spacial score (nSPS) is 10.6. The quantitative estimate of drug-likeness (QED) is 0.406. The van der Waals surface area contributed by atoms with Crippen molar-refractivity contribution in [1.82, 2.24) is 18.8 Å². The van der Waals surface area contributed by atoms with Gasteiger partial charge < -0.3 is 14.5 Å². The van der Waals surface area contributed by atoms with Crippen LogP contribution in [0.15, 0.2) is 29.3 Å². The zero-order valence-corrected chi connectivity index (χ0v) is 17.6. The first-order valence-electron chi connectivity index (χ1n) is 7.88. The van der Waals surface area contributed by atoms with Gasteiger partial charge in [0.25, 0.3) is 0 Å². The molecule has 0 spiro atoms. The molecule has 27 heavy (non-hydrogen) atoms. The highest BCUT2D eigenvalue weighted by molar-refractivity contribution is 9.10. The van der Waals surface area contributed by atoms with Gasteiger partial charge in [-0.2, -0.15) is 0 Å². The number of rotatable bonds is 0. The SMILES string of the molecule is Cc1cn2cc(Br)c(F)c(C)c2n1.Cc1cn2cc(N)c(F)c(C)c2n1.Cl. The van der Waals surface area contributed by atoms with Crippen molar-refractivity contribution >= 4 is 45.3 Å². The first kappa shape index (κ1) is 21.1. The van der Waals surface area contributed by atoms with Gasteiger partial charge in [0.05, 0.1) is 21.5 Å². The summed E-state index contributed by atoms with van der Waals surface area (Å²) in [5, 5.41) is 0. The minimum Gasteiger partial charge on any atom is -0.395 e. The van der Waals surface area contributed by atoms with Crippen LogP contribution in [-0.4, -0.2) is 18.8 Å². The number of halogens is 4. The van der Waals surface area contributed by atoms with Gasteiger partial charge in [0.1, 0.15) is 17.1 Å². The molecule has 5 nitrogen and oxygen atoms in total. The van der Waals surface area contributed by atoms with Gasteiger partial charge in [0.2, 0.25) is 0 Å². The van der Waals surface area contributed by atoms with Crippen LogP contribution in [0.3, 0.4) is 0 Å². The van der Waals surface area contributed by atoms with Crippen molar-refractivity contribution in [3.8, 4) is 0 Å². The molecule has 0 saturated carbocycles. The Balaban J connectivity index is 0.000000187. The van der Waals surface area contributed by atoms with Crippen molar-refractivity contribution in [2.75, 3.05) is 5.73 Å². The molecule has 0 saturated heterocycles. The van der Waals surface area contributed by atoms with Gasteiger partial charge in [-0.15, -0.1) is 12.4 Å². The van der Waals surface area contributed by atoms with Crippen LogP contribution in [0.4, 0.5) is 14.5 Å². The lowest BCUT2D eigenvalue weighted by molar-refractivity contribution is 0.610. The Bertz CT molecular complexity index is 1050. The molecule has 2 N–H and O–H groups in total. The molecule has 0 aromatic carbocycles. The van der Waals surface area contributed by atoms with Gasteiger partial charge in [-0.1, -0.05) is 0 Å². The zero-order chi connectivity index (χ0) is 19.2. The average molecular weight is 459 g/mol. The first-order chi connectivity index (χ1) is 12.2. The summed E-state index contributed by atoms with van der Waals surface area (Å²) in [5.74, 6) is -0.615. The molecule has 4 rings (SSSR count). The third-order valence-electron chi connectivity index (χ3n) is 4.03. The Kier molecular flexibility index (Phi) is 6.11. The Morgan fingerprint density at radius 1 is 0.815 bits per heavy atom. The maximum Gasteiger partial charge on any atom is 0.154 e. The van der Waals surface area contributed by atoms with Crippen LogP contribution in [-0.2, 0) is 0 Å². The van der Waals surface area contributed by atoms with E-state index in [1.165, 1.54) is 6.20 Å². The summed E-state index contributed by atoms with van der Waals surface area (Å²) < 4.78 is 30.7. The number of hydrogen-bond donors (Lipinski definition) is 1. The summed E-state index contributed by atoms with van der Waals surface area (Å²) in [5.41, 5.74) is 9.74. The first-order valence-corrected chi connectivity index (χ1v) is 8.68. The molecular weight excluding hydrogens is 440 g/mol. The standard InChI is InChI=1S/C9H8BrFN2.C9H10FN3.ClH/c1-5-3-13-4-7(10)8(11)6(2)9(13)12-5;1-5-3-13-4-7(11)8(10)6(2)9(13)12-5;/h3-4H,1-2H3;3-4H,11H2,1-2H3;1H. The van der Waals surface area contributed by atoms with Crippen LogP contribution in [0, 0.1) is 39.3 Å². The van der Waals surface area contributed by atoms with Gasteiger partial charge in [0, 0.05) is 35.9 Å². The molecule has 4 aromatic rings. The lowest BCUT2D eigenvalue weighted by atomic mass is 10.2. The largest absolute Gasteiger partial charge is 0.395 e. The number of aromatic nitrogens is 4. The van der Waals surface area contributed by atoms with Gasteiger partial charge in [0.15, 0.2) is 5.82 Å². The number of hydrogen-bond acceptors (Lipinski definition) is 3. The molecule has 0 radical (unpaired) electrons. The maximum absolute atomic E-state index is 13.4. The number of nitrogens with two attached hydrogens (primary N) is 1. The van der Waals surface area contributed by atoms with Gasteiger partial charge >= 0.3 is 0 Å². The average Bonchev–Trinajstić information content (AvgIpc) is 3.13. The molecule has 144 valence electrons. The maximum atomic E-state index is 13.4. The summed E-state index contributed by atoms with van der Waals surface area (Å²) in [4.78, 5) is 8.40. The Labute approximate surface area is 169 Å². The minimum atomic E-state index is -0.377. The van der Waals surface area contributed by atoms with E-state index in [1.807, 2.05) is 30.6 Å². The van der Waals surface area contributed by atoms with E-state index in [1.54, 1.807) is 24.4 Å². The lowest BCUT2D eigenvalue weighted by Gasteiger charge is -2.02. The summed E-state index contributed by atoms with van der Waals surface area (Å²) in [6.07, 6.45) is 6.90. The number of aryl methyl sites for hydroxylation is 4. The number of anilines is 1. The molecule has 0 fully saturated rings. The van der Waals surface area contributed by atoms with Crippen LogP contribution in [0.5, 0.6) is 0 Å². The van der Waals surface area contributed by atoms with Crippen molar-refractivity contribution in [3.05, 3.63) is 63.4 Å². The van der Waals surface area contributed by atoms with Crippen molar-refractivity contribution in [1.29, 1.82) is 0 Å². The van der Waals surface area contributed by atoms with Crippen LogP contribution >= 0.6 is 28.3 Å². The van der Waals surface area contributed by atoms with E-state index in [0.29, 0.717) is 26.9 Å². The van der Waals surface area contributed by atoms with E-state index in [2.05, 4.69) is 25.9 Å². The molecule has 0 amide bonds. The predicted octanol–water partition coefficient (Wildman–Crippen LogP) is 4.95. The van der Waals surface area contributed by atoms with E-state index in [4.69, 9.17) is 5.73 Å². The molecule has 0 aliphatic rings. The molecular formula is C18H19BrClF2N5. The van der Waals surface area contributed by atoms with E-state index < -0.39 is 0 Å². The fourth-order valence-electron chi connectivity index (χ4n) is 2.76. The number of imidazole rings is 2. The van der Waals surface area contributed by atoms with Gasteiger partial charge in [-0.25, -0.2) is 18.7 Å². The number of nitrogens with zero attached hydrogens (tertiary/aromatic N) is 4. The van der Waals surface area contributed by atoms with Crippen molar-refractivity contribution in [2.45, 2.75) is 27.7 Å². The Hall–Kier alpha value is -2.19. The predicted molar refractivity (Wildman–Crippen MR) is 109 cm³/mol. The molecule has 0 aliphatic carbocycles. The summed E-state index contributed by atoms with van der Waals surface area (Å²) >= 11 is 3.15. The second-order valence-electron chi connectivity index (χ2n) is 6.17. The van der Waals surface area contributed by atoms with E-state index in [0.717, 1.165) is 11.4 Å². The van der Waals surface area contributed by atoms with E-state index in [-0.39, 0.29) is 29.7 Å². The third-order valence-corrected chi connectivity index (χ3v) is 4.58. The number of pyridine rings is 2. The highest BCUT2D eigenvalue weighted by Gasteiger charge is 2.10. The molecule has 0 bridgehead atoms. The Morgan fingerprint density at radius 2 is 1.26 bits per heavy atom. The van der Waals surface area contributed by atoms with Crippen molar-refractivity contribution in [2.24, 2.45) is 0 Å². The number of fused-ring (bicyclic) bond motifs is 2. The topological polar surface area (TPSA) is 60.6 Å². The summed E-state index contributed by atoms with van der Waals surface area (Å²) in [6, 6.07) is 0. The monoisotopic (exact) mass is 457 g/mol. The highest BCUT2D eigenvalue weighted by Crippen LogP contribution is 2.22. The van der Waals surface area contributed by atoms with E-state index >= 15 is 0 Å². The van der Waals surface area contributed by atoms with Gasteiger partial charge in [-0.3, -0.25) is 0 Å². The summed E-state index contributed by atoms with van der Waals surface area (Å²) in [7, 11) is 0. The molecule has 0 unspecified atom stereocenters. The minimum absolute atomic E-state index is 0. The van der Waals surface area contributed by atoms with Crippen LogP contribution < -0.4 is 5.73 Å². The Morgan fingerprint density at radius 3 is 1.78 bits per heavy atom. The van der Waals surface area contributed by atoms with Crippen LogP contribution in [0.1, 0.15) is 22.5 Å². The second kappa shape index (κ2) is 7.82. The van der Waals surface area contributed by atoms with E-state index in [9.17, 15) is 8.78 Å². The molecule has 0 aliphatic heterocycles. The fourth-order valence-corrected chi connectivity index (χ4v) is 3.28. The van der Waals surface area contributed by atoms with Crippen LogP contribution in [0.25, 0.3) is 11.3 Å². The van der Waals surface area contributed by atoms with Crippen molar-refractivity contribution < 1.29 is 8.78 Å². The third kappa shape index (κ3) is 3.91. The molecule has 9 heteroatoms. The molecule has 4 heterocycles. The molecule has 0 atom stereocenters. The highest BCUT2D eigenvalue weighted by atomic mass is 79.9.